The summed E-state index contributed by atoms with van der Waals surface area (Å²) in [6.07, 6.45) is 5.02. The van der Waals surface area contributed by atoms with Gasteiger partial charge in [0.1, 0.15) is 0 Å². The van der Waals surface area contributed by atoms with E-state index in [4.69, 9.17) is 5.73 Å². The molecule has 2 N–H and O–H groups in total. The molecule has 0 radical (unpaired) electrons. The summed E-state index contributed by atoms with van der Waals surface area (Å²) in [6.45, 7) is 6.86. The maximum Gasteiger partial charge on any atom is 0.0366 e. The second kappa shape index (κ2) is 6.24. The Morgan fingerprint density at radius 1 is 1.28 bits per heavy atom. The minimum atomic E-state index is 0.184. The Kier molecular flexibility index (Phi) is 4.65. The molecule has 18 heavy (non-hydrogen) atoms. The van der Waals surface area contributed by atoms with Crippen LogP contribution in [0, 0.1) is 5.92 Å². The van der Waals surface area contributed by atoms with Crippen molar-refractivity contribution >= 4 is 5.69 Å². The van der Waals surface area contributed by atoms with Gasteiger partial charge in [0.25, 0.3) is 0 Å². The van der Waals surface area contributed by atoms with Gasteiger partial charge in [-0.1, -0.05) is 32.4 Å². The summed E-state index contributed by atoms with van der Waals surface area (Å²) < 4.78 is 0. The molecule has 1 heterocycles. The molecule has 100 valence electrons. The average Bonchev–Trinajstić information content (AvgIpc) is 2.46. The zero-order valence-corrected chi connectivity index (χ0v) is 11.7. The van der Waals surface area contributed by atoms with Crippen LogP contribution in [0.4, 0.5) is 5.69 Å². The van der Waals surface area contributed by atoms with Crippen LogP contribution in [0.25, 0.3) is 0 Å². The minimum absolute atomic E-state index is 0.184. The molecule has 1 fully saturated rings. The van der Waals surface area contributed by atoms with Crippen LogP contribution in [0.3, 0.4) is 0 Å². The molecule has 1 aliphatic rings. The zero-order chi connectivity index (χ0) is 13.0. The fraction of sp³-hybridized carbons (Fsp3) is 0.625. The van der Waals surface area contributed by atoms with Crippen LogP contribution in [0.5, 0.6) is 0 Å². The largest absolute Gasteiger partial charge is 0.371 e. The van der Waals surface area contributed by atoms with Gasteiger partial charge in [0, 0.05) is 24.8 Å². The van der Waals surface area contributed by atoms with Gasteiger partial charge < -0.3 is 10.6 Å². The molecule has 1 aliphatic heterocycles. The fourth-order valence-corrected chi connectivity index (χ4v) is 2.80. The van der Waals surface area contributed by atoms with Gasteiger partial charge in [-0.2, -0.15) is 0 Å². The average molecular weight is 246 g/mol. The van der Waals surface area contributed by atoms with Crippen molar-refractivity contribution in [2.75, 3.05) is 18.0 Å². The van der Waals surface area contributed by atoms with E-state index < -0.39 is 0 Å². The molecule has 2 nitrogen and oxygen atoms in total. The highest BCUT2D eigenvalue weighted by Gasteiger charge is 2.18. The summed E-state index contributed by atoms with van der Waals surface area (Å²) in [6, 6.07) is 9.05. The van der Waals surface area contributed by atoms with E-state index in [0.29, 0.717) is 0 Å². The van der Waals surface area contributed by atoms with Crippen LogP contribution in [-0.4, -0.2) is 13.1 Å². The molecule has 0 spiro atoms. The molecular weight excluding hydrogens is 220 g/mol. The zero-order valence-electron chi connectivity index (χ0n) is 11.7. The molecule has 0 bridgehead atoms. The molecule has 2 atom stereocenters. The Morgan fingerprint density at radius 2 is 2.00 bits per heavy atom. The van der Waals surface area contributed by atoms with E-state index in [2.05, 4.69) is 43.0 Å². The van der Waals surface area contributed by atoms with E-state index in [1.165, 1.54) is 43.6 Å². The van der Waals surface area contributed by atoms with Gasteiger partial charge in [-0.15, -0.1) is 0 Å². The SMILES string of the molecule is CCC1CCCN(c2ccc(C(N)CC)cc2)C1. The summed E-state index contributed by atoms with van der Waals surface area (Å²) in [7, 11) is 0. The lowest BCUT2D eigenvalue weighted by Crippen LogP contribution is -2.35. The lowest BCUT2D eigenvalue weighted by atomic mass is 9.95. The highest BCUT2D eigenvalue weighted by atomic mass is 15.1. The van der Waals surface area contributed by atoms with Crippen molar-refractivity contribution in [2.45, 2.75) is 45.6 Å². The monoisotopic (exact) mass is 246 g/mol. The van der Waals surface area contributed by atoms with Gasteiger partial charge in [0.2, 0.25) is 0 Å². The van der Waals surface area contributed by atoms with Gasteiger partial charge >= 0.3 is 0 Å². The van der Waals surface area contributed by atoms with Crippen LogP contribution in [0.1, 0.15) is 51.1 Å². The van der Waals surface area contributed by atoms with Crippen LogP contribution in [0.2, 0.25) is 0 Å². The normalized spacial score (nSPS) is 21.9. The Morgan fingerprint density at radius 3 is 2.61 bits per heavy atom. The predicted molar refractivity (Wildman–Crippen MR) is 78.9 cm³/mol. The first kappa shape index (κ1) is 13.4. The second-order valence-corrected chi connectivity index (χ2v) is 5.47. The van der Waals surface area contributed by atoms with Crippen molar-refractivity contribution in [1.82, 2.24) is 0 Å². The molecule has 2 heteroatoms. The molecule has 1 aromatic carbocycles. The smallest absolute Gasteiger partial charge is 0.0366 e. The van der Waals surface area contributed by atoms with E-state index in [1.54, 1.807) is 0 Å². The van der Waals surface area contributed by atoms with Gasteiger partial charge in [0.15, 0.2) is 0 Å². The van der Waals surface area contributed by atoms with Gasteiger partial charge in [-0.3, -0.25) is 0 Å². The maximum absolute atomic E-state index is 6.05. The molecule has 0 saturated carbocycles. The van der Waals surface area contributed by atoms with Crippen molar-refractivity contribution in [1.29, 1.82) is 0 Å². The number of rotatable bonds is 4. The standard InChI is InChI=1S/C16H26N2/c1-3-13-6-5-11-18(12-13)15-9-7-14(8-10-15)16(17)4-2/h7-10,13,16H,3-6,11-12,17H2,1-2H3. The Labute approximate surface area is 111 Å². The summed E-state index contributed by atoms with van der Waals surface area (Å²) >= 11 is 0. The molecule has 2 rings (SSSR count). The molecule has 1 aromatic rings. The van der Waals surface area contributed by atoms with E-state index >= 15 is 0 Å². The fourth-order valence-electron chi connectivity index (χ4n) is 2.80. The topological polar surface area (TPSA) is 29.3 Å². The first-order valence-corrected chi connectivity index (χ1v) is 7.35. The first-order valence-electron chi connectivity index (χ1n) is 7.35. The lowest BCUT2D eigenvalue weighted by molar-refractivity contribution is 0.404. The van der Waals surface area contributed by atoms with E-state index in [9.17, 15) is 0 Å². The third-order valence-corrected chi connectivity index (χ3v) is 4.22. The molecule has 0 aromatic heterocycles. The third kappa shape index (κ3) is 3.05. The number of nitrogens with two attached hydrogens (primary N) is 1. The lowest BCUT2D eigenvalue weighted by Gasteiger charge is -2.34. The highest BCUT2D eigenvalue weighted by molar-refractivity contribution is 5.48. The van der Waals surface area contributed by atoms with Gasteiger partial charge in [-0.05, 0) is 42.9 Å². The van der Waals surface area contributed by atoms with Crippen molar-refractivity contribution in [2.24, 2.45) is 11.7 Å². The Bertz CT molecular complexity index is 358. The van der Waals surface area contributed by atoms with Crippen LogP contribution in [0.15, 0.2) is 24.3 Å². The molecular formula is C16H26N2. The molecule has 0 amide bonds. The Hall–Kier alpha value is -1.02. The number of benzene rings is 1. The van der Waals surface area contributed by atoms with Crippen LogP contribution >= 0.6 is 0 Å². The molecule has 0 aliphatic carbocycles. The maximum atomic E-state index is 6.05. The predicted octanol–water partition coefficient (Wildman–Crippen LogP) is 3.72. The first-order chi connectivity index (χ1) is 8.74. The summed E-state index contributed by atoms with van der Waals surface area (Å²) in [5, 5.41) is 0. The van der Waals surface area contributed by atoms with E-state index in [1.807, 2.05) is 0 Å². The highest BCUT2D eigenvalue weighted by Crippen LogP contribution is 2.26. The van der Waals surface area contributed by atoms with Crippen LogP contribution < -0.4 is 10.6 Å². The number of hydrogen-bond acceptors (Lipinski definition) is 2. The van der Waals surface area contributed by atoms with Crippen molar-refractivity contribution in [3.63, 3.8) is 0 Å². The van der Waals surface area contributed by atoms with E-state index in [0.717, 1.165) is 12.3 Å². The van der Waals surface area contributed by atoms with Crippen molar-refractivity contribution in [3.05, 3.63) is 29.8 Å². The van der Waals surface area contributed by atoms with Crippen molar-refractivity contribution in [3.8, 4) is 0 Å². The van der Waals surface area contributed by atoms with Gasteiger partial charge in [-0.25, -0.2) is 0 Å². The Balaban J connectivity index is 2.04. The summed E-state index contributed by atoms with van der Waals surface area (Å²) in [5.74, 6) is 0.872. The quantitative estimate of drug-likeness (QED) is 0.877. The number of anilines is 1. The van der Waals surface area contributed by atoms with E-state index in [-0.39, 0.29) is 6.04 Å². The number of hydrogen-bond donors (Lipinski definition) is 1. The summed E-state index contributed by atoms with van der Waals surface area (Å²) in [4.78, 5) is 2.53. The molecule has 2 unspecified atom stereocenters. The third-order valence-electron chi connectivity index (χ3n) is 4.22. The minimum Gasteiger partial charge on any atom is -0.371 e. The summed E-state index contributed by atoms with van der Waals surface area (Å²) in [5.41, 5.74) is 8.67. The number of nitrogens with zero attached hydrogens (tertiary/aromatic N) is 1. The van der Waals surface area contributed by atoms with Crippen molar-refractivity contribution < 1.29 is 0 Å². The molecule has 1 saturated heterocycles. The van der Waals surface area contributed by atoms with Crippen LogP contribution in [-0.2, 0) is 0 Å². The number of piperidine rings is 1. The second-order valence-electron chi connectivity index (χ2n) is 5.47. The van der Waals surface area contributed by atoms with Gasteiger partial charge in [0.05, 0.1) is 0 Å².